The molecule has 2 aliphatic rings. The van der Waals surface area contributed by atoms with Gasteiger partial charge in [0.25, 0.3) is 11.8 Å². The van der Waals surface area contributed by atoms with Crippen molar-refractivity contribution in [3.05, 3.63) is 22.8 Å². The third-order valence-electron chi connectivity index (χ3n) is 4.73. The summed E-state index contributed by atoms with van der Waals surface area (Å²) < 4.78 is 5.14. The molecule has 2 atom stereocenters. The maximum absolute atomic E-state index is 13.1. The molecule has 0 aliphatic carbocycles. The molecule has 0 radical (unpaired) electrons. The molecule has 0 saturated carbocycles. The highest BCUT2D eigenvalue weighted by atomic mass is 32.2. The molecule has 1 aromatic rings. The van der Waals surface area contributed by atoms with Crippen LogP contribution in [0.25, 0.3) is 0 Å². The van der Waals surface area contributed by atoms with Gasteiger partial charge in [0.2, 0.25) is 6.41 Å². The van der Waals surface area contributed by atoms with Gasteiger partial charge in [0.05, 0.1) is 0 Å². The molecule has 200 valence electrons. The highest BCUT2D eigenvalue weighted by Crippen LogP contribution is 2.37. The predicted octanol–water partition coefficient (Wildman–Crippen LogP) is 0.715. The summed E-state index contributed by atoms with van der Waals surface area (Å²) in [4.78, 5) is 70.0. The van der Waals surface area contributed by atoms with Crippen molar-refractivity contribution in [3.8, 4) is 0 Å². The first-order valence-electron chi connectivity index (χ1n) is 11.0. The number of oxime groups is 1. The number of aliphatic carboxylic acids is 1. The van der Waals surface area contributed by atoms with E-state index in [0.717, 1.165) is 16.2 Å². The number of thioether (sulfide) groups is 1. The summed E-state index contributed by atoms with van der Waals surface area (Å²) in [6.45, 7) is 5.51. The average molecular weight is 555 g/mol. The predicted molar refractivity (Wildman–Crippen MR) is 134 cm³/mol. The molecule has 0 spiro atoms. The number of β-lactam (4-membered cyclic amide) rings is 1. The number of carbonyl (C=O) groups is 5. The molecule has 14 nitrogen and oxygen atoms in total. The van der Waals surface area contributed by atoms with Crippen molar-refractivity contribution in [1.82, 2.24) is 20.5 Å². The van der Waals surface area contributed by atoms with Crippen LogP contribution in [0, 0.1) is 0 Å². The molecule has 16 heteroatoms. The number of rotatable bonds is 11. The standard InChI is InChI=1S/C21H26N6O8S2/c1-21(2,3)35-20(33)22-6-4-7-34-26-13(11-9-37-19(24-11)23-10-28)15(29)25-14-16(30)27-12(18(31)32)5-8-36-17(14)27/h5,9-10,14,17H,4,6-8H2,1-3H3,(H,22,33)(H,25,29)(H,31,32)(H,23,24,28)/t14?,17-/m0/s1. The fourth-order valence-corrected chi connectivity index (χ4v) is 5.05. The van der Waals surface area contributed by atoms with Crippen LogP contribution in [0.2, 0.25) is 0 Å². The second-order valence-electron chi connectivity index (χ2n) is 8.63. The van der Waals surface area contributed by atoms with Crippen molar-refractivity contribution in [1.29, 1.82) is 0 Å². The summed E-state index contributed by atoms with van der Waals surface area (Å²) in [7, 11) is 0. The maximum Gasteiger partial charge on any atom is 0.407 e. The Labute approximate surface area is 219 Å². The van der Waals surface area contributed by atoms with Gasteiger partial charge in [-0.1, -0.05) is 5.16 Å². The molecule has 37 heavy (non-hydrogen) atoms. The average Bonchev–Trinajstić information content (AvgIpc) is 3.28. The minimum absolute atomic E-state index is 0.0392. The zero-order valence-electron chi connectivity index (χ0n) is 20.2. The van der Waals surface area contributed by atoms with Gasteiger partial charge in [0.1, 0.15) is 35.0 Å². The molecule has 1 aromatic heterocycles. The number of carboxylic acid groups (broad SMARTS) is 1. The Balaban J connectivity index is 1.62. The van der Waals surface area contributed by atoms with Gasteiger partial charge >= 0.3 is 12.1 Å². The topological polar surface area (TPSA) is 189 Å². The van der Waals surface area contributed by atoms with Crippen molar-refractivity contribution in [3.63, 3.8) is 0 Å². The number of alkyl carbamates (subject to hydrolysis) is 1. The third-order valence-corrected chi connectivity index (χ3v) is 6.69. The third kappa shape index (κ3) is 7.19. The molecule has 1 unspecified atom stereocenters. The molecule has 2 aliphatic heterocycles. The molecule has 1 saturated heterocycles. The Morgan fingerprint density at radius 1 is 1.35 bits per heavy atom. The number of anilines is 1. The lowest BCUT2D eigenvalue weighted by molar-refractivity contribution is -0.150. The number of hydrogen-bond donors (Lipinski definition) is 4. The van der Waals surface area contributed by atoms with Crippen molar-refractivity contribution in [2.75, 3.05) is 24.2 Å². The summed E-state index contributed by atoms with van der Waals surface area (Å²) >= 11 is 2.36. The fourth-order valence-electron chi connectivity index (χ4n) is 3.20. The number of thiazole rings is 1. The summed E-state index contributed by atoms with van der Waals surface area (Å²) in [6.07, 6.45) is 1.65. The van der Waals surface area contributed by atoms with Crippen molar-refractivity contribution < 1.29 is 38.7 Å². The van der Waals surface area contributed by atoms with Gasteiger partial charge in [-0.2, -0.15) is 0 Å². The van der Waals surface area contributed by atoms with E-state index in [4.69, 9.17) is 9.57 Å². The van der Waals surface area contributed by atoms with Crippen LogP contribution in [0.1, 0.15) is 32.9 Å². The molecule has 1 fully saturated rings. The van der Waals surface area contributed by atoms with Gasteiger partial charge in [-0.15, -0.1) is 23.1 Å². The first-order chi connectivity index (χ1) is 17.5. The van der Waals surface area contributed by atoms with E-state index in [1.54, 1.807) is 20.8 Å². The number of nitrogens with zero attached hydrogens (tertiary/aromatic N) is 3. The number of carbonyl (C=O) groups excluding carboxylic acids is 4. The largest absolute Gasteiger partial charge is 0.477 e. The van der Waals surface area contributed by atoms with Crippen molar-refractivity contribution in [2.24, 2.45) is 5.16 Å². The van der Waals surface area contributed by atoms with Crippen LogP contribution < -0.4 is 16.0 Å². The number of carboxylic acids is 1. The van der Waals surface area contributed by atoms with Gasteiger partial charge < -0.3 is 30.6 Å². The molecule has 3 heterocycles. The number of nitrogens with one attached hydrogen (secondary N) is 3. The Kier molecular flexibility index (Phi) is 9.09. The Bertz CT molecular complexity index is 1130. The number of hydrogen-bond acceptors (Lipinski definition) is 11. The molecular formula is C21H26N6O8S2. The second-order valence-corrected chi connectivity index (χ2v) is 10.6. The van der Waals surface area contributed by atoms with Crippen LogP contribution in [0.15, 0.2) is 22.3 Å². The van der Waals surface area contributed by atoms with Gasteiger partial charge in [0, 0.05) is 24.1 Å². The number of ether oxygens (including phenoxy) is 1. The van der Waals surface area contributed by atoms with Crippen LogP contribution >= 0.6 is 23.1 Å². The summed E-state index contributed by atoms with van der Waals surface area (Å²) in [5.74, 6) is -2.18. The van der Waals surface area contributed by atoms with Crippen LogP contribution in [0.3, 0.4) is 0 Å². The maximum atomic E-state index is 13.1. The monoisotopic (exact) mass is 554 g/mol. The number of aromatic nitrogens is 1. The lowest BCUT2D eigenvalue weighted by atomic mass is 10.0. The molecule has 0 aromatic carbocycles. The van der Waals surface area contributed by atoms with E-state index < -0.39 is 40.9 Å². The van der Waals surface area contributed by atoms with E-state index in [1.807, 2.05) is 0 Å². The molecule has 0 bridgehead atoms. The van der Waals surface area contributed by atoms with Crippen molar-refractivity contribution in [2.45, 2.75) is 44.2 Å². The summed E-state index contributed by atoms with van der Waals surface area (Å²) in [6, 6.07) is -0.963. The number of fused-ring (bicyclic) bond motifs is 1. The van der Waals surface area contributed by atoms with Crippen molar-refractivity contribution >= 4 is 64.2 Å². The quantitative estimate of drug-likeness (QED) is 0.0997. The fraction of sp³-hybridized carbons (Fsp3) is 0.476. The Morgan fingerprint density at radius 2 is 2.11 bits per heavy atom. The van der Waals surface area contributed by atoms with Crippen LogP contribution in [0.5, 0.6) is 0 Å². The highest BCUT2D eigenvalue weighted by molar-refractivity contribution is 8.00. The van der Waals surface area contributed by atoms with Crippen LogP contribution in [-0.4, -0.2) is 86.9 Å². The first kappa shape index (κ1) is 27.9. The van der Waals surface area contributed by atoms with E-state index >= 15 is 0 Å². The van der Waals surface area contributed by atoms with E-state index in [0.29, 0.717) is 18.6 Å². The molecular weight excluding hydrogens is 528 g/mol. The van der Waals surface area contributed by atoms with Crippen LogP contribution in [-0.2, 0) is 28.8 Å². The van der Waals surface area contributed by atoms with E-state index in [2.05, 4.69) is 26.1 Å². The minimum atomic E-state index is -1.22. The summed E-state index contributed by atoms with van der Waals surface area (Å²) in [5, 5.41) is 21.8. The van der Waals surface area contributed by atoms with Crippen LogP contribution in [0.4, 0.5) is 9.93 Å². The number of amides is 4. The Morgan fingerprint density at radius 3 is 2.78 bits per heavy atom. The van der Waals surface area contributed by atoms with Gasteiger partial charge in [-0.25, -0.2) is 14.6 Å². The van der Waals surface area contributed by atoms with E-state index in [9.17, 15) is 29.1 Å². The minimum Gasteiger partial charge on any atom is -0.477 e. The van der Waals surface area contributed by atoms with E-state index in [1.165, 1.54) is 23.2 Å². The Hall–Kier alpha value is -3.66. The lowest BCUT2D eigenvalue weighted by Gasteiger charge is -2.48. The van der Waals surface area contributed by atoms with Gasteiger partial charge in [-0.05, 0) is 26.8 Å². The van der Waals surface area contributed by atoms with E-state index in [-0.39, 0.29) is 35.4 Å². The zero-order chi connectivity index (χ0) is 27.2. The lowest BCUT2D eigenvalue weighted by Crippen LogP contribution is -2.70. The smallest absolute Gasteiger partial charge is 0.407 e. The SMILES string of the molecule is CC(C)(C)OC(=O)NCCCON=C(C(=O)NC1C(=O)N2C(C(=O)O)=CCS[C@@H]12)c1csc(NC=O)n1. The molecule has 3 rings (SSSR count). The second kappa shape index (κ2) is 12.1. The molecule has 4 amide bonds. The zero-order valence-corrected chi connectivity index (χ0v) is 21.8. The molecule has 4 N–H and O–H groups in total. The highest BCUT2D eigenvalue weighted by Gasteiger charge is 2.53. The van der Waals surface area contributed by atoms with Gasteiger partial charge in [0.15, 0.2) is 10.8 Å². The summed E-state index contributed by atoms with van der Waals surface area (Å²) in [5.41, 5.74) is -0.889. The normalized spacial score (nSPS) is 19.1. The first-order valence-corrected chi connectivity index (χ1v) is 13.0. The van der Waals surface area contributed by atoms with Gasteiger partial charge in [-0.3, -0.25) is 19.3 Å².